The van der Waals surface area contributed by atoms with Crippen LogP contribution in [0.4, 0.5) is 4.39 Å². The fourth-order valence-corrected chi connectivity index (χ4v) is 4.03. The monoisotopic (exact) mass is 419 g/mol. The second-order valence-electron chi connectivity index (χ2n) is 7.77. The molecule has 1 aliphatic carbocycles. The third-order valence-electron chi connectivity index (χ3n) is 5.63. The summed E-state index contributed by atoms with van der Waals surface area (Å²) < 4.78 is 20.8. The summed E-state index contributed by atoms with van der Waals surface area (Å²) >= 11 is 0. The molecule has 1 saturated carbocycles. The Labute approximate surface area is 175 Å². The van der Waals surface area contributed by atoms with E-state index in [1.807, 2.05) is 4.90 Å². The summed E-state index contributed by atoms with van der Waals surface area (Å²) in [5.41, 5.74) is 1.40. The summed E-state index contributed by atoms with van der Waals surface area (Å²) in [4.78, 5) is 14.9. The van der Waals surface area contributed by atoms with Crippen LogP contribution >= 0.6 is 0 Å². The van der Waals surface area contributed by atoms with Crippen LogP contribution in [0.15, 0.2) is 29.1 Å². The van der Waals surface area contributed by atoms with Crippen LogP contribution in [-0.2, 0) is 13.1 Å². The van der Waals surface area contributed by atoms with Gasteiger partial charge in [0.2, 0.25) is 0 Å². The summed E-state index contributed by atoms with van der Waals surface area (Å²) in [5.74, 6) is 0.0706. The van der Waals surface area contributed by atoms with Gasteiger partial charge in [-0.3, -0.25) is 9.69 Å². The molecule has 1 heterocycles. The molecule has 0 atom stereocenters. The third-order valence-corrected chi connectivity index (χ3v) is 5.63. The largest absolute Gasteiger partial charge is 0.494 e. The van der Waals surface area contributed by atoms with Gasteiger partial charge >= 0.3 is 0 Å². The van der Waals surface area contributed by atoms with Gasteiger partial charge in [-0.25, -0.2) is 9.07 Å². The lowest BCUT2D eigenvalue weighted by atomic mass is 10.1. The van der Waals surface area contributed by atoms with Gasteiger partial charge in [-0.05, 0) is 43.0 Å². The molecule has 2 aromatic rings. The van der Waals surface area contributed by atoms with Crippen LogP contribution in [0.5, 0.6) is 5.75 Å². The summed E-state index contributed by atoms with van der Waals surface area (Å²) in [7, 11) is 1.41. The number of ether oxygens (including phenoxy) is 1. The summed E-state index contributed by atoms with van der Waals surface area (Å²) in [6.45, 7) is 1.36. The van der Waals surface area contributed by atoms with E-state index in [1.165, 1.54) is 17.9 Å². The van der Waals surface area contributed by atoms with Gasteiger partial charge in [0.05, 0.1) is 26.0 Å². The molecule has 1 aromatic heterocycles. The quantitative estimate of drug-likeness (QED) is 0.613. The lowest BCUT2D eigenvalue weighted by Gasteiger charge is -2.21. The first kappa shape index (κ1) is 22.4. The Kier molecular flexibility index (Phi) is 7.95. The molecular formula is C22H30FN3O4. The highest BCUT2D eigenvalue weighted by molar-refractivity contribution is 5.60. The molecule has 8 heteroatoms. The molecule has 30 heavy (non-hydrogen) atoms. The number of methoxy groups -OCH3 is 1. The average Bonchev–Trinajstić information content (AvgIpc) is 3.24. The molecule has 1 aromatic carbocycles. The maximum atomic E-state index is 14.3. The van der Waals surface area contributed by atoms with E-state index >= 15 is 0 Å². The fraction of sp³-hybridized carbons (Fsp3) is 0.545. The van der Waals surface area contributed by atoms with Crippen LogP contribution in [0.2, 0.25) is 0 Å². The topological polar surface area (TPSA) is 87.8 Å². The van der Waals surface area contributed by atoms with E-state index in [1.54, 1.807) is 18.2 Å². The van der Waals surface area contributed by atoms with Crippen LogP contribution in [-0.4, -0.2) is 58.3 Å². The van der Waals surface area contributed by atoms with E-state index in [0.29, 0.717) is 42.4 Å². The summed E-state index contributed by atoms with van der Waals surface area (Å²) in [6, 6.07) is 6.30. The van der Waals surface area contributed by atoms with Gasteiger partial charge in [-0.15, -0.1) is 0 Å². The first-order chi connectivity index (χ1) is 14.5. The summed E-state index contributed by atoms with van der Waals surface area (Å²) in [6.07, 6.45) is 4.48. The number of hydrogen-bond donors (Lipinski definition) is 2. The van der Waals surface area contributed by atoms with Crippen molar-refractivity contribution in [3.63, 3.8) is 0 Å². The molecule has 0 aliphatic heterocycles. The maximum Gasteiger partial charge on any atom is 0.271 e. The fourth-order valence-electron chi connectivity index (χ4n) is 4.03. The van der Waals surface area contributed by atoms with Crippen molar-refractivity contribution in [1.29, 1.82) is 0 Å². The molecule has 1 aliphatic rings. The van der Waals surface area contributed by atoms with E-state index in [0.717, 1.165) is 25.7 Å². The van der Waals surface area contributed by atoms with Gasteiger partial charge in [-0.2, -0.15) is 5.10 Å². The third kappa shape index (κ3) is 5.44. The predicted octanol–water partition coefficient (Wildman–Crippen LogP) is 2.03. The Morgan fingerprint density at radius 2 is 1.90 bits per heavy atom. The molecule has 2 N–H and O–H groups in total. The molecule has 164 valence electrons. The van der Waals surface area contributed by atoms with Crippen LogP contribution in [0.25, 0.3) is 11.3 Å². The Morgan fingerprint density at radius 1 is 1.20 bits per heavy atom. The molecule has 0 bridgehead atoms. The average molecular weight is 419 g/mol. The standard InChI is InChI=1S/C22H30FN3O4/c1-30-21-7-6-17(12-19(21)23)20-13-18(15-25(8-10-27)9-11-28)22(29)26(24-20)14-16-4-2-3-5-16/h6-7,12-13,16,27-28H,2-5,8-11,14-15H2,1H3. The Bertz CT molecular complexity index is 890. The summed E-state index contributed by atoms with van der Waals surface area (Å²) in [5, 5.41) is 23.1. The Morgan fingerprint density at radius 3 is 2.50 bits per heavy atom. The van der Waals surface area contributed by atoms with Gasteiger partial charge < -0.3 is 14.9 Å². The first-order valence-electron chi connectivity index (χ1n) is 10.4. The molecule has 7 nitrogen and oxygen atoms in total. The zero-order valence-corrected chi connectivity index (χ0v) is 17.4. The van der Waals surface area contributed by atoms with Crippen molar-refractivity contribution in [1.82, 2.24) is 14.7 Å². The number of rotatable bonds is 10. The molecule has 0 spiro atoms. The van der Waals surface area contributed by atoms with Gasteiger partial charge in [0.25, 0.3) is 5.56 Å². The van der Waals surface area contributed by atoms with E-state index in [-0.39, 0.29) is 31.1 Å². The SMILES string of the molecule is COc1ccc(-c2cc(CN(CCO)CCO)c(=O)n(CC3CCCC3)n2)cc1F. The number of hydrogen-bond acceptors (Lipinski definition) is 6. The number of aromatic nitrogens is 2. The van der Waals surface area contributed by atoms with Crippen LogP contribution in [0.1, 0.15) is 31.2 Å². The van der Waals surface area contributed by atoms with Gasteiger partial charge in [0, 0.05) is 37.3 Å². The molecule has 3 rings (SSSR count). The van der Waals surface area contributed by atoms with E-state index in [2.05, 4.69) is 5.10 Å². The van der Waals surface area contributed by atoms with E-state index in [9.17, 15) is 19.4 Å². The zero-order valence-electron chi connectivity index (χ0n) is 17.4. The van der Waals surface area contributed by atoms with Crippen molar-refractivity contribution < 1.29 is 19.3 Å². The lowest BCUT2D eigenvalue weighted by Crippen LogP contribution is -2.35. The van der Waals surface area contributed by atoms with Crippen molar-refractivity contribution in [2.24, 2.45) is 5.92 Å². The minimum atomic E-state index is -0.492. The van der Waals surface area contributed by atoms with Gasteiger partial charge in [0.1, 0.15) is 0 Å². The Balaban J connectivity index is 2.00. The van der Waals surface area contributed by atoms with Crippen molar-refractivity contribution in [2.45, 2.75) is 38.8 Å². The molecule has 0 radical (unpaired) electrons. The number of halogens is 1. The maximum absolute atomic E-state index is 14.3. The Hall–Kier alpha value is -2.29. The van der Waals surface area contributed by atoms with Gasteiger partial charge in [-0.1, -0.05) is 12.8 Å². The number of aliphatic hydroxyl groups excluding tert-OH is 2. The van der Waals surface area contributed by atoms with E-state index in [4.69, 9.17) is 4.74 Å². The van der Waals surface area contributed by atoms with Gasteiger partial charge in [0.15, 0.2) is 11.6 Å². The molecule has 1 fully saturated rings. The predicted molar refractivity (Wildman–Crippen MR) is 112 cm³/mol. The number of benzene rings is 1. The minimum absolute atomic E-state index is 0.0715. The zero-order chi connectivity index (χ0) is 21.5. The highest BCUT2D eigenvalue weighted by Crippen LogP contribution is 2.27. The number of aliphatic hydroxyl groups is 2. The van der Waals surface area contributed by atoms with Crippen molar-refractivity contribution in [3.8, 4) is 17.0 Å². The van der Waals surface area contributed by atoms with Crippen LogP contribution in [0.3, 0.4) is 0 Å². The number of nitrogens with zero attached hydrogens (tertiary/aromatic N) is 3. The smallest absolute Gasteiger partial charge is 0.271 e. The molecule has 0 unspecified atom stereocenters. The van der Waals surface area contributed by atoms with Crippen molar-refractivity contribution >= 4 is 0 Å². The van der Waals surface area contributed by atoms with Crippen molar-refractivity contribution in [3.05, 3.63) is 46.0 Å². The second kappa shape index (κ2) is 10.7. The van der Waals surface area contributed by atoms with E-state index < -0.39 is 5.82 Å². The lowest BCUT2D eigenvalue weighted by molar-refractivity contribution is 0.155. The highest BCUT2D eigenvalue weighted by Gasteiger charge is 2.20. The van der Waals surface area contributed by atoms with Crippen molar-refractivity contribution in [2.75, 3.05) is 33.4 Å². The molecule has 0 amide bonds. The van der Waals surface area contributed by atoms with Crippen LogP contribution < -0.4 is 10.3 Å². The first-order valence-corrected chi connectivity index (χ1v) is 10.4. The second-order valence-corrected chi connectivity index (χ2v) is 7.77. The normalized spacial score (nSPS) is 14.6. The highest BCUT2D eigenvalue weighted by atomic mass is 19.1. The molecular weight excluding hydrogens is 389 g/mol. The van der Waals surface area contributed by atoms with Crippen LogP contribution in [0, 0.1) is 11.7 Å². The minimum Gasteiger partial charge on any atom is -0.494 e. The molecule has 0 saturated heterocycles.